The van der Waals surface area contributed by atoms with Crippen LogP contribution in [0.3, 0.4) is 0 Å². The molecule has 12 N–H and O–H groups in total. The number of rotatable bonds is 25. The third kappa shape index (κ3) is 24.7. The molecule has 1 aliphatic heterocycles. The number of hydrogen-bond donors (Lipinski definition) is 8. The number of primary amides is 1. The van der Waals surface area contributed by atoms with Gasteiger partial charge in [-0.05, 0) is 184 Å². The van der Waals surface area contributed by atoms with Crippen LogP contribution in [0, 0.1) is 0 Å². The number of nitrogens with one attached hydrogen (secondary N) is 4. The first-order chi connectivity index (χ1) is 41.7. The molecule has 496 valence electrons. The van der Waals surface area contributed by atoms with E-state index in [1.165, 1.54) is 11.1 Å². The van der Waals surface area contributed by atoms with E-state index in [4.69, 9.17) is 46.6 Å². The van der Waals surface area contributed by atoms with Crippen LogP contribution >= 0.6 is 0 Å². The predicted molar refractivity (Wildman–Crippen MR) is 347 cm³/mol. The largest absolute Gasteiger partial charge is 0.488 e. The van der Waals surface area contributed by atoms with Crippen LogP contribution in [0.1, 0.15) is 172 Å². The van der Waals surface area contributed by atoms with Crippen molar-refractivity contribution in [2.24, 2.45) is 22.2 Å². The summed E-state index contributed by atoms with van der Waals surface area (Å²) in [5.74, 6) is -2.92. The lowest BCUT2D eigenvalue weighted by Gasteiger charge is -2.35. The molecule has 0 aliphatic carbocycles. The number of para-hydroxylation sites is 1. The molecule has 0 aromatic heterocycles. The van der Waals surface area contributed by atoms with Gasteiger partial charge in [0, 0.05) is 55.2 Å². The number of nitrogens with two attached hydrogens (primary N) is 4. The van der Waals surface area contributed by atoms with Gasteiger partial charge in [-0.3, -0.25) is 30.1 Å². The van der Waals surface area contributed by atoms with Gasteiger partial charge in [0.25, 0.3) is 0 Å². The van der Waals surface area contributed by atoms with E-state index in [1.807, 2.05) is 20.8 Å². The lowest BCUT2D eigenvalue weighted by Crippen LogP contribution is -2.66. The van der Waals surface area contributed by atoms with Gasteiger partial charge in [-0.15, -0.1) is 4.48 Å². The van der Waals surface area contributed by atoms with Gasteiger partial charge in [0.2, 0.25) is 17.8 Å². The Balaban J connectivity index is 1.88. The SMILES string of the molecule is CC(C)(C)OC(=O)NC(=NCCCCCCN(C(=O)OC(C)(C)C)[C@@H](Cc1ccc(N)cc1)C(=O)N[C@@H](Cc1ccc(OC(C)(C)C)cc1)C(=O)[N+]1(C(=O)[C@@H](N)CCCCN)C=C(C[C@H](NC(=O)OC(C)(C)C)C(N)=O)c2ccccc21)NC(=O)OC(C)(C)C. The highest BCUT2D eigenvalue weighted by Gasteiger charge is 2.56. The smallest absolute Gasteiger partial charge is 0.414 e. The van der Waals surface area contributed by atoms with E-state index in [-0.39, 0.29) is 56.0 Å². The molecular formula is C66H100N11O13+. The first kappa shape index (κ1) is 74.4. The highest BCUT2D eigenvalue weighted by atomic mass is 16.6. The van der Waals surface area contributed by atoms with E-state index >= 15 is 14.4 Å². The van der Waals surface area contributed by atoms with Gasteiger partial charge in [-0.2, -0.15) is 0 Å². The summed E-state index contributed by atoms with van der Waals surface area (Å²) in [4.78, 5) is 120. The number of unbranched alkanes of at least 4 members (excludes halogenated alkanes) is 4. The molecule has 90 heavy (non-hydrogen) atoms. The maximum absolute atomic E-state index is 16.5. The number of hydrogen-bond acceptors (Lipinski definition) is 17. The van der Waals surface area contributed by atoms with E-state index < -0.39 is 105 Å². The summed E-state index contributed by atoms with van der Waals surface area (Å²) in [6.45, 7) is 26.4. The minimum Gasteiger partial charge on any atom is -0.488 e. The molecule has 3 aromatic rings. The Bertz CT molecular complexity index is 2990. The average Bonchev–Trinajstić information content (AvgIpc) is 1.55. The summed E-state index contributed by atoms with van der Waals surface area (Å²) in [6.07, 6.45) is 0.344. The molecule has 0 radical (unpaired) electrons. The van der Waals surface area contributed by atoms with Crippen LogP contribution in [-0.4, -0.2) is 131 Å². The normalized spacial score (nSPS) is 15.5. The molecule has 0 saturated carbocycles. The summed E-state index contributed by atoms with van der Waals surface area (Å²) < 4.78 is 27.2. The van der Waals surface area contributed by atoms with Crippen LogP contribution in [0.2, 0.25) is 0 Å². The Hall–Kier alpha value is -8.09. The monoisotopic (exact) mass is 1250 g/mol. The molecule has 24 heteroatoms. The van der Waals surface area contributed by atoms with Gasteiger partial charge in [0.05, 0.1) is 0 Å². The minimum absolute atomic E-state index is 0.0152. The van der Waals surface area contributed by atoms with Crippen LogP contribution in [0.5, 0.6) is 5.75 Å². The number of nitrogen functional groups attached to an aromatic ring is 1. The lowest BCUT2D eigenvalue weighted by molar-refractivity contribution is -0.144. The fraction of sp³-hybridized carbons (Fsp3) is 0.561. The predicted octanol–water partition coefficient (Wildman–Crippen LogP) is 8.93. The maximum Gasteiger partial charge on any atom is 0.414 e. The Morgan fingerprint density at radius 2 is 1.11 bits per heavy atom. The van der Waals surface area contributed by atoms with Crippen molar-refractivity contribution in [2.75, 3.05) is 25.4 Å². The number of carbonyl (C=O) groups is 8. The number of anilines is 1. The van der Waals surface area contributed by atoms with Gasteiger partial charge >= 0.3 is 36.2 Å². The van der Waals surface area contributed by atoms with Crippen LogP contribution in [0.15, 0.2) is 84.0 Å². The van der Waals surface area contributed by atoms with Crippen molar-refractivity contribution in [3.8, 4) is 5.75 Å². The number of quaternary nitrogens is 1. The molecule has 0 spiro atoms. The van der Waals surface area contributed by atoms with E-state index in [2.05, 4.69) is 26.3 Å². The fourth-order valence-electron chi connectivity index (χ4n) is 9.61. The molecule has 5 atom stereocenters. The number of ether oxygens (including phenoxy) is 5. The maximum atomic E-state index is 16.5. The highest BCUT2D eigenvalue weighted by molar-refractivity contribution is 6.18. The quantitative estimate of drug-likeness (QED) is 0.00979. The summed E-state index contributed by atoms with van der Waals surface area (Å²) in [7, 11) is 0. The van der Waals surface area contributed by atoms with E-state index in [0.29, 0.717) is 73.2 Å². The summed E-state index contributed by atoms with van der Waals surface area (Å²) >= 11 is 0. The van der Waals surface area contributed by atoms with Crippen molar-refractivity contribution >= 4 is 70.9 Å². The zero-order chi connectivity index (χ0) is 67.6. The molecule has 1 heterocycles. The third-order valence-corrected chi connectivity index (χ3v) is 13.4. The molecule has 1 unspecified atom stereocenters. The Kier molecular flexibility index (Phi) is 26.5. The Morgan fingerprint density at radius 1 is 0.578 bits per heavy atom. The first-order valence-electron chi connectivity index (χ1n) is 30.7. The highest BCUT2D eigenvalue weighted by Crippen LogP contribution is 2.44. The van der Waals surface area contributed by atoms with Crippen molar-refractivity contribution in [3.63, 3.8) is 0 Å². The van der Waals surface area contributed by atoms with Crippen LogP contribution < -0.4 is 53.4 Å². The molecule has 4 rings (SSSR count). The second-order valence-corrected chi connectivity index (χ2v) is 27.4. The van der Waals surface area contributed by atoms with Crippen molar-refractivity contribution < 1.29 is 62.0 Å². The number of amides is 8. The number of imide groups is 1. The standard InChI is InChI=1S/C66H99N11O13/c1-62(2,3)86-46-33-29-42(30-34-46)38-50(56(81)77(55(80)48(69)25-20-21-35-67)41-44(47-24-18-19-26-52(47)77)40-49(53(70)78)73-58(82)87-63(4,5)6)72-54(79)51(39-43-27-31-45(68)32-28-43)76(61(85)90-66(13,14)15)37-23-17-16-22-36-71-57(74-59(83)88-64(7,8)9)75-60(84)89-65(10,11)12/h18-19,24,26-34,41,48-51H,16-17,20-23,25,35-40,67-69H2,1-15H3,(H5-,70,71,72,73,74,75,78,79,82,83,84)/p+1/t48-,49-,50-,51-,77?/m0/s1. The summed E-state index contributed by atoms with van der Waals surface area (Å²) in [5, 5.41) is 10.5. The van der Waals surface area contributed by atoms with Crippen molar-refractivity contribution in [2.45, 2.75) is 220 Å². The van der Waals surface area contributed by atoms with Crippen molar-refractivity contribution in [3.05, 3.63) is 95.7 Å². The number of fused-ring (bicyclic) bond motifs is 1. The lowest BCUT2D eigenvalue weighted by atomic mass is 9.98. The van der Waals surface area contributed by atoms with Gasteiger partial charge in [-0.1, -0.05) is 49.2 Å². The van der Waals surface area contributed by atoms with Gasteiger partial charge in [-0.25, -0.2) is 28.8 Å². The van der Waals surface area contributed by atoms with Gasteiger partial charge in [0.15, 0.2) is 5.69 Å². The Labute approximate surface area is 530 Å². The number of guanidine groups is 1. The zero-order valence-corrected chi connectivity index (χ0v) is 55.5. The molecule has 0 fully saturated rings. The molecule has 0 bridgehead atoms. The van der Waals surface area contributed by atoms with E-state index in [0.717, 1.165) is 0 Å². The zero-order valence-electron chi connectivity index (χ0n) is 55.5. The van der Waals surface area contributed by atoms with Crippen molar-refractivity contribution in [1.29, 1.82) is 0 Å². The number of aliphatic imine (C=N–C) groups is 1. The molecule has 3 aromatic carbocycles. The van der Waals surface area contributed by atoms with E-state index in [1.54, 1.807) is 156 Å². The minimum atomic E-state index is -1.56. The molecule has 0 saturated heterocycles. The first-order valence-corrected chi connectivity index (χ1v) is 30.7. The third-order valence-electron chi connectivity index (χ3n) is 13.4. The molecule has 1 aliphatic rings. The second-order valence-electron chi connectivity index (χ2n) is 27.4. The molecule has 8 amide bonds. The van der Waals surface area contributed by atoms with Crippen LogP contribution in [0.25, 0.3) is 5.57 Å². The molecule has 24 nitrogen and oxygen atoms in total. The van der Waals surface area contributed by atoms with Crippen LogP contribution in [0.4, 0.5) is 30.6 Å². The van der Waals surface area contributed by atoms with Crippen molar-refractivity contribution in [1.82, 2.24) is 30.7 Å². The second kappa shape index (κ2) is 32.1. The molecular weight excluding hydrogens is 1150 g/mol. The fourth-order valence-corrected chi connectivity index (χ4v) is 9.61. The number of benzene rings is 3. The van der Waals surface area contributed by atoms with Gasteiger partial charge < -0.3 is 57.3 Å². The number of alkyl carbamates (subject to hydrolysis) is 3. The number of carbonyl (C=O) groups excluding carboxylic acids is 8. The summed E-state index contributed by atoms with van der Waals surface area (Å²) in [6, 6.07) is 14.8. The Morgan fingerprint density at radius 3 is 1.66 bits per heavy atom. The van der Waals surface area contributed by atoms with Gasteiger partial charge in [0.1, 0.15) is 64.1 Å². The summed E-state index contributed by atoms with van der Waals surface area (Å²) in [5.41, 5.74) is 23.0. The van der Waals surface area contributed by atoms with Crippen LogP contribution in [-0.2, 0) is 51.0 Å². The van der Waals surface area contributed by atoms with E-state index in [9.17, 15) is 24.0 Å². The number of nitrogens with zero attached hydrogens (tertiary/aromatic N) is 3. The average molecular weight is 1260 g/mol. The topological polar surface area (TPSA) is 351 Å².